The molecule has 2 N–H and O–H groups in total. The van der Waals surface area contributed by atoms with Crippen LogP contribution in [0.25, 0.3) is 10.8 Å². The molecule has 1 aromatic heterocycles. The minimum atomic E-state index is -3.99. The maximum absolute atomic E-state index is 14.3. The molecular formula is C30H36FN3O4S. The molecule has 0 aliphatic heterocycles. The number of nitrogens with one attached hydrogen (secondary N) is 2. The molecule has 0 bridgehead atoms. The number of anilines is 1. The zero-order valence-electron chi connectivity index (χ0n) is 23.1. The highest BCUT2D eigenvalue weighted by Crippen LogP contribution is 2.42. The number of carbonyl (C=O) groups excluding carboxylic acids is 1. The SMILES string of the molecule is CC(C)(F)CNS(=O)(=O)c1c2c(cc3cnc(C4CC4)cc13)C[C@@H](Nc1ccc(C(=O)OC(C)(C)C)cc1)C2. The Balaban J connectivity index is 1.44. The Labute approximate surface area is 229 Å². The number of aromatic nitrogens is 1. The van der Waals surface area contributed by atoms with E-state index in [0.717, 1.165) is 40.7 Å². The number of alkyl halides is 1. The number of pyridine rings is 1. The molecule has 2 aromatic carbocycles. The summed E-state index contributed by atoms with van der Waals surface area (Å²) in [6.45, 7) is 7.87. The van der Waals surface area contributed by atoms with Crippen molar-refractivity contribution in [1.82, 2.24) is 9.71 Å². The van der Waals surface area contributed by atoms with Gasteiger partial charge < -0.3 is 10.1 Å². The quantitative estimate of drug-likeness (QED) is 0.349. The summed E-state index contributed by atoms with van der Waals surface area (Å²) in [5.41, 5.74) is 1.62. The lowest BCUT2D eigenvalue weighted by Crippen LogP contribution is -2.36. The summed E-state index contributed by atoms with van der Waals surface area (Å²) in [6, 6.07) is 11.0. The Hall–Kier alpha value is -3.04. The van der Waals surface area contributed by atoms with Crippen molar-refractivity contribution in [1.29, 1.82) is 0 Å². The second kappa shape index (κ2) is 9.86. The Kier molecular flexibility index (Phi) is 6.96. The number of fused-ring (bicyclic) bond motifs is 2. The van der Waals surface area contributed by atoms with Crippen LogP contribution in [-0.4, -0.2) is 43.2 Å². The molecule has 0 radical (unpaired) electrons. The van der Waals surface area contributed by atoms with Gasteiger partial charge in [-0.15, -0.1) is 0 Å². The maximum Gasteiger partial charge on any atom is 0.338 e. The molecule has 1 heterocycles. The molecule has 1 saturated carbocycles. The van der Waals surface area contributed by atoms with Crippen molar-refractivity contribution in [2.24, 2.45) is 0 Å². The Morgan fingerprint density at radius 3 is 2.38 bits per heavy atom. The number of carbonyl (C=O) groups is 1. The zero-order chi connectivity index (χ0) is 28.2. The van der Waals surface area contributed by atoms with Gasteiger partial charge in [0.1, 0.15) is 11.3 Å². The summed E-state index contributed by atoms with van der Waals surface area (Å²) in [4.78, 5) is 17.2. The molecule has 9 heteroatoms. The van der Waals surface area contributed by atoms with Crippen molar-refractivity contribution in [3.63, 3.8) is 0 Å². The van der Waals surface area contributed by atoms with E-state index in [0.29, 0.717) is 29.7 Å². The first-order valence-electron chi connectivity index (χ1n) is 13.4. The van der Waals surface area contributed by atoms with Gasteiger partial charge in [0.05, 0.1) is 10.5 Å². The van der Waals surface area contributed by atoms with Crippen LogP contribution in [0, 0.1) is 0 Å². The largest absolute Gasteiger partial charge is 0.456 e. The first-order valence-corrected chi connectivity index (χ1v) is 14.9. The minimum absolute atomic E-state index is 0.0494. The molecule has 0 spiro atoms. The Morgan fingerprint density at radius 1 is 1.08 bits per heavy atom. The molecule has 0 saturated heterocycles. The van der Waals surface area contributed by atoms with Crippen LogP contribution < -0.4 is 10.0 Å². The highest BCUT2D eigenvalue weighted by Gasteiger charge is 2.33. The molecule has 3 aromatic rings. The lowest BCUT2D eigenvalue weighted by molar-refractivity contribution is 0.00695. The lowest BCUT2D eigenvalue weighted by atomic mass is 10.0. The fourth-order valence-corrected chi connectivity index (χ4v) is 6.68. The summed E-state index contributed by atoms with van der Waals surface area (Å²) in [5.74, 6) is -0.0130. The summed E-state index contributed by atoms with van der Waals surface area (Å²) in [5, 5.41) is 4.89. The summed E-state index contributed by atoms with van der Waals surface area (Å²) < 4.78 is 49.5. The molecule has 2 aliphatic rings. The normalized spacial score (nSPS) is 17.7. The van der Waals surface area contributed by atoms with Gasteiger partial charge in [-0.2, -0.15) is 0 Å². The average Bonchev–Trinajstić information content (AvgIpc) is 3.60. The third-order valence-electron chi connectivity index (χ3n) is 6.95. The van der Waals surface area contributed by atoms with E-state index in [1.807, 2.05) is 45.0 Å². The van der Waals surface area contributed by atoms with Gasteiger partial charge in [-0.25, -0.2) is 22.3 Å². The van der Waals surface area contributed by atoms with E-state index in [1.54, 1.807) is 18.3 Å². The lowest BCUT2D eigenvalue weighted by Gasteiger charge is -2.20. The number of nitrogens with zero attached hydrogens (tertiary/aromatic N) is 1. The van der Waals surface area contributed by atoms with Gasteiger partial charge >= 0.3 is 5.97 Å². The number of benzene rings is 2. The van der Waals surface area contributed by atoms with Gasteiger partial charge in [0.2, 0.25) is 10.0 Å². The number of esters is 1. The molecule has 0 unspecified atom stereocenters. The number of sulfonamides is 1. The van der Waals surface area contributed by atoms with Crippen LogP contribution in [0.5, 0.6) is 0 Å². The van der Waals surface area contributed by atoms with E-state index in [1.165, 1.54) is 13.8 Å². The average molecular weight is 554 g/mol. The van der Waals surface area contributed by atoms with Gasteiger partial charge in [-0.1, -0.05) is 0 Å². The molecule has 5 rings (SSSR count). The van der Waals surface area contributed by atoms with Crippen molar-refractivity contribution < 1.29 is 22.3 Å². The first-order chi connectivity index (χ1) is 18.2. The maximum atomic E-state index is 14.3. The molecular weight excluding hydrogens is 517 g/mol. The fourth-order valence-electron chi connectivity index (χ4n) is 4.99. The highest BCUT2D eigenvalue weighted by atomic mass is 32.2. The fraction of sp³-hybridized carbons (Fsp3) is 0.467. The van der Waals surface area contributed by atoms with Gasteiger partial charge in [-0.3, -0.25) is 4.98 Å². The standard InChI is InChI=1S/C30H36FN3O4S/c1-29(2,3)38-28(35)19-8-10-22(11-9-19)34-23-13-20-12-21-16-32-26(18-6-7-18)15-25(21)27(24(20)14-23)39(36,37)33-17-30(4,5)31/h8-12,15-16,18,23,33-34H,6-7,13-14,17H2,1-5H3/t23-/m1/s1. The van der Waals surface area contributed by atoms with E-state index in [4.69, 9.17) is 4.74 Å². The number of halogens is 1. The number of hydrogen-bond donors (Lipinski definition) is 2. The van der Waals surface area contributed by atoms with Crippen molar-refractivity contribution >= 4 is 32.5 Å². The van der Waals surface area contributed by atoms with Crippen molar-refractivity contribution in [3.8, 4) is 0 Å². The van der Waals surface area contributed by atoms with E-state index in [9.17, 15) is 17.6 Å². The van der Waals surface area contributed by atoms with Crippen LogP contribution in [0.15, 0.2) is 47.5 Å². The van der Waals surface area contributed by atoms with E-state index in [-0.39, 0.29) is 23.5 Å². The van der Waals surface area contributed by atoms with E-state index < -0.39 is 21.3 Å². The van der Waals surface area contributed by atoms with Crippen molar-refractivity contribution in [2.45, 2.75) is 88.4 Å². The molecule has 39 heavy (non-hydrogen) atoms. The Bertz CT molecular complexity index is 1520. The molecule has 2 aliphatic carbocycles. The molecule has 7 nitrogen and oxygen atoms in total. The van der Waals surface area contributed by atoms with E-state index in [2.05, 4.69) is 15.0 Å². The predicted molar refractivity (Wildman–Crippen MR) is 151 cm³/mol. The minimum Gasteiger partial charge on any atom is -0.456 e. The van der Waals surface area contributed by atoms with Crippen LogP contribution in [-0.2, 0) is 27.6 Å². The third-order valence-corrected chi connectivity index (χ3v) is 8.47. The first kappa shape index (κ1) is 27.5. The van der Waals surface area contributed by atoms with Crippen LogP contribution in [0.4, 0.5) is 10.1 Å². The number of ether oxygens (including phenoxy) is 1. The van der Waals surface area contributed by atoms with Crippen LogP contribution in [0.1, 0.15) is 80.6 Å². The molecule has 1 fully saturated rings. The third kappa shape index (κ3) is 6.41. The smallest absolute Gasteiger partial charge is 0.338 e. The van der Waals surface area contributed by atoms with Crippen molar-refractivity contribution in [3.05, 3.63) is 65.0 Å². The topological polar surface area (TPSA) is 97.4 Å². The number of rotatable bonds is 8. The summed E-state index contributed by atoms with van der Waals surface area (Å²) in [6.07, 6.45) is 4.99. The second-order valence-electron chi connectivity index (χ2n) is 12.3. The Morgan fingerprint density at radius 2 is 1.77 bits per heavy atom. The molecule has 0 amide bonds. The summed E-state index contributed by atoms with van der Waals surface area (Å²) >= 11 is 0. The van der Waals surface area contributed by atoms with Gasteiger partial charge in [0.15, 0.2) is 0 Å². The van der Waals surface area contributed by atoms with Gasteiger partial charge in [-0.05, 0) is 108 Å². The molecule has 1 atom stereocenters. The monoisotopic (exact) mass is 553 g/mol. The van der Waals surface area contributed by atoms with Gasteiger partial charge in [0, 0.05) is 46.9 Å². The van der Waals surface area contributed by atoms with Gasteiger partial charge in [0.25, 0.3) is 0 Å². The predicted octanol–water partition coefficient (Wildman–Crippen LogP) is 5.67. The van der Waals surface area contributed by atoms with E-state index >= 15 is 0 Å². The second-order valence-corrected chi connectivity index (χ2v) is 14.0. The summed E-state index contributed by atoms with van der Waals surface area (Å²) in [7, 11) is -3.99. The van der Waals surface area contributed by atoms with Crippen molar-refractivity contribution in [2.75, 3.05) is 11.9 Å². The zero-order valence-corrected chi connectivity index (χ0v) is 23.9. The number of hydrogen-bond acceptors (Lipinski definition) is 6. The molecule has 208 valence electrons. The van der Waals surface area contributed by atoms with Crippen LogP contribution in [0.2, 0.25) is 0 Å². The highest BCUT2D eigenvalue weighted by molar-refractivity contribution is 7.89. The van der Waals surface area contributed by atoms with Crippen LogP contribution >= 0.6 is 0 Å². The van der Waals surface area contributed by atoms with Crippen LogP contribution in [0.3, 0.4) is 0 Å².